The van der Waals surface area contributed by atoms with Gasteiger partial charge in [-0.1, -0.05) is 0 Å². The van der Waals surface area contributed by atoms with Gasteiger partial charge in [0.05, 0.1) is 0 Å². The Morgan fingerprint density at radius 1 is 1.05 bits per heavy atom. The van der Waals surface area contributed by atoms with E-state index in [0.29, 0.717) is 6.54 Å². The summed E-state index contributed by atoms with van der Waals surface area (Å²) in [7, 11) is 0. The van der Waals surface area contributed by atoms with Crippen molar-refractivity contribution in [2.75, 3.05) is 5.32 Å². The second-order valence-corrected chi connectivity index (χ2v) is 5.38. The SMILES string of the molecule is O=[As]c1ccc(NCc2ccc([N+](=O)[O-])cc2)cc1. The van der Waals surface area contributed by atoms with E-state index in [4.69, 9.17) is 0 Å². The second kappa shape index (κ2) is 6.25. The molecule has 0 fully saturated rings. The molecule has 0 saturated heterocycles. The minimum absolute atomic E-state index is 0.0897. The molecular weight excluding hydrogens is 307 g/mol. The number of nitro benzene ring substituents is 1. The zero-order valence-corrected chi connectivity index (χ0v) is 11.8. The molecule has 0 spiro atoms. The monoisotopic (exact) mass is 318 g/mol. The van der Waals surface area contributed by atoms with Crippen LogP contribution in [0.15, 0.2) is 48.5 Å². The molecule has 19 heavy (non-hydrogen) atoms. The summed E-state index contributed by atoms with van der Waals surface area (Å²) in [6.07, 6.45) is 0. The van der Waals surface area contributed by atoms with Crippen LogP contribution in [0.4, 0.5) is 11.4 Å². The van der Waals surface area contributed by atoms with Crippen LogP contribution in [0.3, 0.4) is 0 Å². The summed E-state index contributed by atoms with van der Waals surface area (Å²) in [6, 6.07) is 13.8. The maximum absolute atomic E-state index is 10.7. The van der Waals surface area contributed by atoms with E-state index < -0.39 is 20.6 Å². The van der Waals surface area contributed by atoms with E-state index in [0.717, 1.165) is 15.6 Å². The number of nitro groups is 1. The fourth-order valence-electron chi connectivity index (χ4n) is 1.58. The van der Waals surface area contributed by atoms with E-state index in [1.54, 1.807) is 12.1 Å². The van der Waals surface area contributed by atoms with Crippen molar-refractivity contribution in [3.8, 4) is 0 Å². The van der Waals surface area contributed by atoms with Crippen LogP contribution in [0.2, 0.25) is 0 Å². The molecule has 96 valence electrons. The van der Waals surface area contributed by atoms with Gasteiger partial charge in [-0.2, -0.15) is 0 Å². The first kappa shape index (κ1) is 13.4. The van der Waals surface area contributed by atoms with E-state index in [1.807, 2.05) is 24.3 Å². The maximum atomic E-state index is 10.7. The van der Waals surface area contributed by atoms with Crippen LogP contribution in [0.1, 0.15) is 5.56 Å². The van der Waals surface area contributed by atoms with Gasteiger partial charge in [0.15, 0.2) is 0 Å². The molecule has 1 N–H and O–H groups in total. The van der Waals surface area contributed by atoms with Crippen molar-refractivity contribution in [1.29, 1.82) is 0 Å². The number of nitrogens with one attached hydrogen (secondary N) is 1. The van der Waals surface area contributed by atoms with Crippen LogP contribution >= 0.6 is 0 Å². The molecule has 6 heteroatoms. The van der Waals surface area contributed by atoms with Crippen LogP contribution in [-0.2, 0) is 10.3 Å². The fourth-order valence-corrected chi connectivity index (χ4v) is 2.15. The molecule has 0 unspecified atom stereocenters. The van der Waals surface area contributed by atoms with Crippen LogP contribution in [0.5, 0.6) is 0 Å². The third-order valence-electron chi connectivity index (χ3n) is 2.62. The number of hydrogen-bond donors (Lipinski definition) is 1. The van der Waals surface area contributed by atoms with E-state index in [9.17, 15) is 13.9 Å². The molecular formula is C13H11AsN2O3. The Hall–Kier alpha value is -2.00. The van der Waals surface area contributed by atoms with E-state index in [2.05, 4.69) is 5.32 Å². The number of rotatable bonds is 5. The van der Waals surface area contributed by atoms with Gasteiger partial charge in [-0.05, 0) is 0 Å². The van der Waals surface area contributed by atoms with Crippen molar-refractivity contribution in [2.45, 2.75) is 6.54 Å². The summed E-state index contributed by atoms with van der Waals surface area (Å²) in [4.78, 5) is 10.1. The Balaban J connectivity index is 1.97. The molecule has 2 aromatic carbocycles. The molecule has 0 amide bonds. The average molecular weight is 318 g/mol. The zero-order valence-electron chi connectivity index (χ0n) is 9.95. The molecule has 0 aliphatic rings. The Morgan fingerprint density at radius 3 is 2.21 bits per heavy atom. The molecule has 0 aliphatic heterocycles. The standard InChI is InChI=1S/C13H11AsN2O3/c17-14-11-3-5-12(6-4-11)15-9-10-1-7-13(8-2-10)16(18)19/h1-8,15H,9H2. The van der Waals surface area contributed by atoms with Gasteiger partial charge in [-0.15, -0.1) is 0 Å². The van der Waals surface area contributed by atoms with Gasteiger partial charge >= 0.3 is 116 Å². The van der Waals surface area contributed by atoms with Crippen LogP contribution < -0.4 is 9.67 Å². The number of anilines is 1. The Kier molecular flexibility index (Phi) is 4.42. The third kappa shape index (κ3) is 3.73. The summed E-state index contributed by atoms with van der Waals surface area (Å²) in [5.41, 5.74) is 1.98. The molecule has 0 saturated carbocycles. The van der Waals surface area contributed by atoms with E-state index in [1.165, 1.54) is 12.1 Å². The number of hydrogen-bond acceptors (Lipinski definition) is 4. The number of nitrogens with zero attached hydrogens (tertiary/aromatic N) is 1. The predicted octanol–water partition coefficient (Wildman–Crippen LogP) is 1.88. The molecule has 2 aromatic rings. The first-order chi connectivity index (χ1) is 9.19. The average Bonchev–Trinajstić information content (AvgIpc) is 2.46. The molecule has 0 heterocycles. The topological polar surface area (TPSA) is 72.2 Å². The molecule has 0 bridgehead atoms. The molecule has 0 aliphatic carbocycles. The summed E-state index contributed by atoms with van der Waals surface area (Å²) in [5.74, 6) is 0. The molecule has 5 nitrogen and oxygen atoms in total. The van der Waals surface area contributed by atoms with Crippen molar-refractivity contribution in [3.63, 3.8) is 0 Å². The van der Waals surface area contributed by atoms with Crippen LogP contribution in [0.25, 0.3) is 0 Å². The van der Waals surface area contributed by atoms with Gasteiger partial charge in [0.2, 0.25) is 0 Å². The second-order valence-electron chi connectivity index (χ2n) is 3.92. The number of non-ortho nitro benzene ring substituents is 1. The zero-order chi connectivity index (χ0) is 13.7. The normalized spacial score (nSPS) is 10.3. The van der Waals surface area contributed by atoms with Crippen molar-refractivity contribution in [3.05, 3.63) is 64.2 Å². The first-order valence-electron chi connectivity index (χ1n) is 5.59. The van der Waals surface area contributed by atoms with Gasteiger partial charge in [0.25, 0.3) is 0 Å². The minimum atomic E-state index is -0.978. The molecule has 0 aromatic heterocycles. The molecule has 0 radical (unpaired) electrons. The molecule has 0 atom stereocenters. The van der Waals surface area contributed by atoms with Crippen molar-refractivity contribution in [1.82, 2.24) is 0 Å². The Bertz CT molecular complexity index is 582. The summed E-state index contributed by atoms with van der Waals surface area (Å²) >= 11 is -0.978. The third-order valence-corrected chi connectivity index (χ3v) is 3.68. The Morgan fingerprint density at radius 2 is 1.68 bits per heavy atom. The van der Waals surface area contributed by atoms with Crippen LogP contribution in [-0.4, -0.2) is 20.6 Å². The van der Waals surface area contributed by atoms with E-state index in [-0.39, 0.29) is 5.69 Å². The van der Waals surface area contributed by atoms with Gasteiger partial charge in [-0.3, -0.25) is 0 Å². The van der Waals surface area contributed by atoms with Gasteiger partial charge in [-0.25, -0.2) is 0 Å². The van der Waals surface area contributed by atoms with Crippen LogP contribution in [0, 0.1) is 10.1 Å². The molecule has 2 rings (SSSR count). The van der Waals surface area contributed by atoms with Gasteiger partial charge in [0, 0.05) is 0 Å². The first-order valence-corrected chi connectivity index (χ1v) is 7.30. The predicted molar refractivity (Wildman–Crippen MR) is 72.9 cm³/mol. The fraction of sp³-hybridized carbons (Fsp3) is 0.0769. The van der Waals surface area contributed by atoms with Gasteiger partial charge in [0.1, 0.15) is 0 Å². The number of benzene rings is 2. The van der Waals surface area contributed by atoms with Crippen molar-refractivity contribution < 1.29 is 8.66 Å². The quantitative estimate of drug-likeness (QED) is 0.519. The van der Waals surface area contributed by atoms with E-state index >= 15 is 0 Å². The summed E-state index contributed by atoms with van der Waals surface area (Å²) in [5, 5.41) is 13.7. The van der Waals surface area contributed by atoms with Crippen molar-refractivity contribution in [2.24, 2.45) is 0 Å². The summed E-state index contributed by atoms with van der Waals surface area (Å²) in [6.45, 7) is 0.586. The Labute approximate surface area is 116 Å². The van der Waals surface area contributed by atoms with Gasteiger partial charge < -0.3 is 0 Å². The van der Waals surface area contributed by atoms with Crippen molar-refractivity contribution >= 4 is 31.4 Å². The summed E-state index contributed by atoms with van der Waals surface area (Å²) < 4.78 is 11.6.